The predicted molar refractivity (Wildman–Crippen MR) is 116 cm³/mol. The normalized spacial score (nSPS) is 18.1. The van der Waals surface area contributed by atoms with Crippen LogP contribution in [-0.2, 0) is 6.54 Å². The van der Waals surface area contributed by atoms with Gasteiger partial charge in [-0.2, -0.15) is 18.3 Å². The Morgan fingerprint density at radius 2 is 1.97 bits per heavy atom. The number of hydrogen-bond acceptors (Lipinski definition) is 5. The lowest BCUT2D eigenvalue weighted by molar-refractivity contribution is -0.139. The standard InChI is InChI=1S/C22H16F3N7O2/c23-22(24,25)10-31-3-1-11-8-27-16(7-18(11)31)13-5-12(13)14-6-17(30-32-4-2-26-19(14)32)15-9-28-21(34)29-20(15)33/h1-4,6-9,12-13H,5,10H2,(H2,28,29,33,34)/t12-,13-/m0/s1. The van der Waals surface area contributed by atoms with Gasteiger partial charge in [-0.1, -0.05) is 0 Å². The van der Waals surface area contributed by atoms with E-state index in [0.29, 0.717) is 27.9 Å². The maximum absolute atomic E-state index is 13.0. The Hall–Kier alpha value is -4.22. The van der Waals surface area contributed by atoms with Crippen LogP contribution in [0.25, 0.3) is 27.8 Å². The fraction of sp³-hybridized carbons (Fsp3) is 0.227. The van der Waals surface area contributed by atoms with Gasteiger partial charge >= 0.3 is 11.9 Å². The molecule has 1 fully saturated rings. The fourth-order valence-electron chi connectivity index (χ4n) is 4.44. The van der Waals surface area contributed by atoms with Gasteiger partial charge in [-0.05, 0) is 30.5 Å². The van der Waals surface area contributed by atoms with Gasteiger partial charge in [0.1, 0.15) is 6.54 Å². The third-order valence-electron chi connectivity index (χ3n) is 6.08. The van der Waals surface area contributed by atoms with E-state index in [9.17, 15) is 22.8 Å². The molecule has 2 atom stereocenters. The summed E-state index contributed by atoms with van der Waals surface area (Å²) in [5.41, 5.74) is 2.04. The Bertz CT molecular complexity index is 1680. The van der Waals surface area contributed by atoms with Crippen LogP contribution >= 0.6 is 0 Å². The molecule has 6 rings (SSSR count). The van der Waals surface area contributed by atoms with Crippen LogP contribution in [0.15, 0.2) is 58.8 Å². The highest BCUT2D eigenvalue weighted by atomic mass is 19.4. The Labute approximate surface area is 187 Å². The molecule has 2 N–H and O–H groups in total. The molecule has 0 aliphatic heterocycles. The third-order valence-corrected chi connectivity index (χ3v) is 6.08. The second kappa shape index (κ2) is 7.14. The number of imidazole rings is 1. The van der Waals surface area contributed by atoms with Crippen molar-refractivity contribution in [1.29, 1.82) is 0 Å². The minimum Gasteiger partial charge on any atom is -0.338 e. The van der Waals surface area contributed by atoms with E-state index in [2.05, 4.69) is 25.0 Å². The van der Waals surface area contributed by atoms with Crippen molar-refractivity contribution in [2.75, 3.05) is 0 Å². The molecule has 172 valence electrons. The number of pyridine rings is 1. The van der Waals surface area contributed by atoms with E-state index in [0.717, 1.165) is 12.0 Å². The van der Waals surface area contributed by atoms with Crippen LogP contribution < -0.4 is 11.2 Å². The lowest BCUT2D eigenvalue weighted by Gasteiger charge is -2.10. The number of rotatable bonds is 4. The summed E-state index contributed by atoms with van der Waals surface area (Å²) in [4.78, 5) is 37.2. The summed E-state index contributed by atoms with van der Waals surface area (Å²) in [7, 11) is 0. The zero-order valence-corrected chi connectivity index (χ0v) is 17.4. The lowest BCUT2D eigenvalue weighted by atomic mass is 10.1. The van der Waals surface area contributed by atoms with E-state index < -0.39 is 24.0 Å². The number of H-pyrrole nitrogens is 2. The summed E-state index contributed by atoms with van der Waals surface area (Å²) in [6, 6.07) is 5.09. The van der Waals surface area contributed by atoms with Crippen LogP contribution in [-0.4, -0.2) is 40.3 Å². The molecule has 9 nitrogen and oxygen atoms in total. The van der Waals surface area contributed by atoms with Crippen molar-refractivity contribution in [3.63, 3.8) is 0 Å². The molecule has 5 aromatic heterocycles. The van der Waals surface area contributed by atoms with E-state index in [4.69, 9.17) is 0 Å². The van der Waals surface area contributed by atoms with Gasteiger partial charge in [0.25, 0.3) is 5.56 Å². The number of alkyl halides is 3. The topological polar surface area (TPSA) is 114 Å². The van der Waals surface area contributed by atoms with E-state index in [1.807, 2.05) is 0 Å². The first-order valence-corrected chi connectivity index (χ1v) is 10.4. The van der Waals surface area contributed by atoms with Crippen LogP contribution in [0.5, 0.6) is 0 Å². The molecule has 0 radical (unpaired) electrons. The molecule has 34 heavy (non-hydrogen) atoms. The van der Waals surface area contributed by atoms with Crippen LogP contribution in [0.4, 0.5) is 13.2 Å². The number of hydrogen-bond donors (Lipinski definition) is 2. The maximum Gasteiger partial charge on any atom is 0.406 e. The van der Waals surface area contributed by atoms with Crippen LogP contribution in [0.3, 0.4) is 0 Å². The van der Waals surface area contributed by atoms with Gasteiger partial charge in [0.2, 0.25) is 0 Å². The Morgan fingerprint density at radius 3 is 2.76 bits per heavy atom. The highest BCUT2D eigenvalue weighted by molar-refractivity contribution is 5.80. The van der Waals surface area contributed by atoms with Gasteiger partial charge in [-0.3, -0.25) is 14.8 Å². The first-order valence-electron chi connectivity index (χ1n) is 10.4. The summed E-state index contributed by atoms with van der Waals surface area (Å²) >= 11 is 0. The van der Waals surface area contributed by atoms with Gasteiger partial charge in [0.15, 0.2) is 5.65 Å². The molecule has 1 saturated carbocycles. The van der Waals surface area contributed by atoms with Crippen molar-refractivity contribution in [2.24, 2.45) is 0 Å². The van der Waals surface area contributed by atoms with Crippen molar-refractivity contribution in [3.05, 3.63) is 81.3 Å². The molecule has 12 heteroatoms. The minimum absolute atomic E-state index is 0.00414. The van der Waals surface area contributed by atoms with Crippen molar-refractivity contribution in [1.82, 2.24) is 34.1 Å². The van der Waals surface area contributed by atoms with Crippen molar-refractivity contribution < 1.29 is 13.2 Å². The van der Waals surface area contributed by atoms with E-state index in [1.54, 1.807) is 41.3 Å². The largest absolute Gasteiger partial charge is 0.406 e. The van der Waals surface area contributed by atoms with Gasteiger partial charge in [-0.15, -0.1) is 0 Å². The molecular weight excluding hydrogens is 451 g/mol. The van der Waals surface area contributed by atoms with Gasteiger partial charge < -0.3 is 9.55 Å². The monoisotopic (exact) mass is 467 g/mol. The average molecular weight is 467 g/mol. The van der Waals surface area contributed by atoms with E-state index in [1.165, 1.54) is 17.0 Å². The highest BCUT2D eigenvalue weighted by Crippen LogP contribution is 2.55. The number of aromatic amines is 2. The summed E-state index contributed by atoms with van der Waals surface area (Å²) in [6.45, 7) is -1.07. The molecule has 5 heterocycles. The van der Waals surface area contributed by atoms with Crippen LogP contribution in [0, 0.1) is 0 Å². The lowest BCUT2D eigenvalue weighted by Crippen LogP contribution is -2.23. The number of nitrogens with one attached hydrogen (secondary N) is 2. The van der Waals surface area contributed by atoms with Crippen molar-refractivity contribution in [2.45, 2.75) is 31.0 Å². The fourth-order valence-corrected chi connectivity index (χ4v) is 4.44. The highest BCUT2D eigenvalue weighted by Gasteiger charge is 2.42. The molecule has 0 aromatic carbocycles. The average Bonchev–Trinajstić information content (AvgIpc) is 3.26. The summed E-state index contributed by atoms with van der Waals surface area (Å²) in [6.07, 6.45) is 3.98. The number of fused-ring (bicyclic) bond motifs is 2. The molecule has 1 aliphatic rings. The van der Waals surface area contributed by atoms with Gasteiger partial charge in [0, 0.05) is 53.5 Å². The Kier molecular flexibility index (Phi) is 4.28. The van der Waals surface area contributed by atoms with Crippen molar-refractivity contribution in [3.8, 4) is 11.3 Å². The molecule has 0 spiro atoms. The smallest absolute Gasteiger partial charge is 0.338 e. The first-order chi connectivity index (χ1) is 16.3. The number of halogens is 3. The maximum atomic E-state index is 13.0. The second-order valence-electron chi connectivity index (χ2n) is 8.34. The molecule has 0 unspecified atom stereocenters. The number of aromatic nitrogens is 7. The molecule has 0 bridgehead atoms. The second-order valence-corrected chi connectivity index (χ2v) is 8.34. The summed E-state index contributed by atoms with van der Waals surface area (Å²) < 4.78 is 41.6. The molecular formula is C22H16F3N7O2. The van der Waals surface area contributed by atoms with Crippen molar-refractivity contribution >= 4 is 16.6 Å². The zero-order valence-electron chi connectivity index (χ0n) is 17.4. The molecule has 0 amide bonds. The molecule has 1 aliphatic carbocycles. The Morgan fingerprint density at radius 1 is 1.12 bits per heavy atom. The summed E-state index contributed by atoms with van der Waals surface area (Å²) in [5, 5.41) is 5.07. The van der Waals surface area contributed by atoms with Gasteiger partial charge in [0.05, 0.1) is 16.8 Å². The third kappa shape index (κ3) is 3.47. The molecule has 5 aromatic rings. The van der Waals surface area contributed by atoms with E-state index >= 15 is 0 Å². The first kappa shape index (κ1) is 20.4. The van der Waals surface area contributed by atoms with Crippen LogP contribution in [0.2, 0.25) is 0 Å². The minimum atomic E-state index is -4.32. The van der Waals surface area contributed by atoms with E-state index in [-0.39, 0.29) is 17.4 Å². The predicted octanol–water partition coefficient (Wildman–Crippen LogP) is 2.96. The summed E-state index contributed by atoms with van der Waals surface area (Å²) in [5.74, 6) is -0.00674. The molecule has 0 saturated heterocycles. The number of nitrogens with zero attached hydrogens (tertiary/aromatic N) is 5. The van der Waals surface area contributed by atoms with Crippen LogP contribution in [0.1, 0.15) is 29.5 Å². The quantitative estimate of drug-likeness (QED) is 0.422. The SMILES string of the molecule is O=c1[nH]cc(-c2cc([C@H]3C[C@@H]3c3cc4c(ccn4CC(F)(F)F)cn3)c3nccn3n2)c(=O)[nH]1. The van der Waals surface area contributed by atoms with Gasteiger partial charge in [-0.25, -0.2) is 14.3 Å². The zero-order chi connectivity index (χ0) is 23.6. The Balaban J connectivity index is 1.39.